The zero-order chi connectivity index (χ0) is 26.1. The van der Waals surface area contributed by atoms with Gasteiger partial charge in [-0.25, -0.2) is 9.59 Å². The Balaban J connectivity index is 2.08. The Bertz CT molecular complexity index is 973. The van der Waals surface area contributed by atoms with Crippen LogP contribution in [0.1, 0.15) is 65.5 Å². The Labute approximate surface area is 209 Å². The molecule has 1 atom stereocenters. The van der Waals surface area contributed by atoms with E-state index in [-0.39, 0.29) is 18.0 Å². The van der Waals surface area contributed by atoms with Gasteiger partial charge in [0, 0.05) is 12.0 Å². The number of hydrogen-bond donors (Lipinski definition) is 0. The lowest BCUT2D eigenvalue weighted by molar-refractivity contribution is -0.158. The summed E-state index contributed by atoms with van der Waals surface area (Å²) in [5.41, 5.74) is 0.704. The molecule has 0 spiro atoms. The van der Waals surface area contributed by atoms with Crippen LogP contribution in [0.2, 0.25) is 0 Å². The Morgan fingerprint density at radius 1 is 0.914 bits per heavy atom. The maximum absolute atomic E-state index is 12.4. The highest BCUT2D eigenvalue weighted by atomic mass is 16.6. The summed E-state index contributed by atoms with van der Waals surface area (Å²) in [6.45, 7) is 15.7. The molecule has 0 fully saturated rings. The van der Waals surface area contributed by atoms with Gasteiger partial charge in [0.15, 0.2) is 11.7 Å². The van der Waals surface area contributed by atoms with Gasteiger partial charge in [-0.05, 0) is 62.1 Å². The number of esters is 2. The zero-order valence-electron chi connectivity index (χ0n) is 21.8. The van der Waals surface area contributed by atoms with Gasteiger partial charge in [-0.2, -0.15) is 0 Å². The van der Waals surface area contributed by atoms with Gasteiger partial charge in [-0.1, -0.05) is 64.6 Å². The molecule has 1 unspecified atom stereocenters. The van der Waals surface area contributed by atoms with Crippen molar-refractivity contribution in [2.24, 2.45) is 0 Å². The largest absolute Gasteiger partial charge is 0.476 e. The molecule has 190 valence electrons. The molecule has 0 amide bonds. The predicted molar refractivity (Wildman–Crippen MR) is 137 cm³/mol. The second-order valence-corrected chi connectivity index (χ2v) is 9.36. The highest BCUT2D eigenvalue weighted by molar-refractivity contribution is 5.79. The van der Waals surface area contributed by atoms with Gasteiger partial charge in [-0.3, -0.25) is 0 Å². The first kappa shape index (κ1) is 28.1. The molecule has 0 aromatic heterocycles. The monoisotopic (exact) mass is 482 g/mol. The molecular formula is C29H38O6. The second kappa shape index (κ2) is 12.5. The summed E-state index contributed by atoms with van der Waals surface area (Å²) in [5, 5.41) is 0. The SMILES string of the molecule is C=CCOC(=O)C(C)(C)Oc1ccc(C(C)(C)c2ccc(OC(=O)C(CC)OCCC)cc2)cc1. The molecule has 2 aromatic rings. The number of carbonyl (C=O) groups excluding carboxylic acids is 2. The van der Waals surface area contributed by atoms with Crippen molar-refractivity contribution in [1.29, 1.82) is 0 Å². The predicted octanol–water partition coefficient (Wildman–Crippen LogP) is 6.01. The van der Waals surface area contributed by atoms with Crippen LogP contribution in [0.5, 0.6) is 11.5 Å². The maximum Gasteiger partial charge on any atom is 0.350 e. The molecule has 0 radical (unpaired) electrons. The lowest BCUT2D eigenvalue weighted by Crippen LogP contribution is -2.39. The Morgan fingerprint density at radius 2 is 1.46 bits per heavy atom. The zero-order valence-corrected chi connectivity index (χ0v) is 21.8. The van der Waals surface area contributed by atoms with Crippen LogP contribution < -0.4 is 9.47 Å². The molecule has 0 bridgehead atoms. The van der Waals surface area contributed by atoms with Crippen LogP contribution in [0.25, 0.3) is 0 Å². The molecular weight excluding hydrogens is 444 g/mol. The van der Waals surface area contributed by atoms with Crippen LogP contribution in [0.3, 0.4) is 0 Å². The Hall–Kier alpha value is -3.12. The van der Waals surface area contributed by atoms with Crippen LogP contribution in [0.4, 0.5) is 0 Å². The fourth-order valence-electron chi connectivity index (χ4n) is 3.49. The Morgan fingerprint density at radius 3 is 1.94 bits per heavy atom. The van der Waals surface area contributed by atoms with E-state index in [0.29, 0.717) is 24.5 Å². The van der Waals surface area contributed by atoms with Crippen LogP contribution >= 0.6 is 0 Å². The van der Waals surface area contributed by atoms with Gasteiger partial charge in [0.25, 0.3) is 0 Å². The maximum atomic E-state index is 12.4. The fourth-order valence-corrected chi connectivity index (χ4v) is 3.49. The number of ether oxygens (including phenoxy) is 4. The van der Waals surface area contributed by atoms with Crippen LogP contribution in [-0.2, 0) is 24.5 Å². The van der Waals surface area contributed by atoms with E-state index in [1.54, 1.807) is 26.0 Å². The van der Waals surface area contributed by atoms with E-state index in [1.165, 1.54) is 6.08 Å². The quantitative estimate of drug-likeness (QED) is 0.198. The summed E-state index contributed by atoms with van der Waals surface area (Å²) >= 11 is 0. The van der Waals surface area contributed by atoms with E-state index < -0.39 is 17.7 Å². The topological polar surface area (TPSA) is 71.1 Å². The molecule has 35 heavy (non-hydrogen) atoms. The number of carbonyl (C=O) groups is 2. The minimum atomic E-state index is -1.12. The molecule has 2 aromatic carbocycles. The molecule has 2 rings (SSSR count). The smallest absolute Gasteiger partial charge is 0.350 e. The first-order valence-electron chi connectivity index (χ1n) is 12.1. The third-order valence-corrected chi connectivity index (χ3v) is 5.72. The third kappa shape index (κ3) is 7.69. The van der Waals surface area contributed by atoms with Gasteiger partial charge < -0.3 is 18.9 Å². The lowest BCUT2D eigenvalue weighted by Gasteiger charge is -2.28. The average molecular weight is 483 g/mol. The van der Waals surface area contributed by atoms with Crippen LogP contribution in [0, 0.1) is 0 Å². The van der Waals surface area contributed by atoms with E-state index in [0.717, 1.165) is 17.5 Å². The molecule has 0 aliphatic carbocycles. The van der Waals surface area contributed by atoms with E-state index in [1.807, 2.05) is 50.2 Å². The summed E-state index contributed by atoms with van der Waals surface area (Å²) in [6, 6.07) is 15.2. The van der Waals surface area contributed by atoms with Gasteiger partial charge in [0.1, 0.15) is 18.1 Å². The van der Waals surface area contributed by atoms with E-state index in [2.05, 4.69) is 20.4 Å². The second-order valence-electron chi connectivity index (χ2n) is 9.36. The van der Waals surface area contributed by atoms with Gasteiger partial charge in [0.05, 0.1) is 0 Å². The molecule has 6 heteroatoms. The summed E-state index contributed by atoms with van der Waals surface area (Å²) < 4.78 is 22.1. The number of rotatable bonds is 13. The summed E-state index contributed by atoms with van der Waals surface area (Å²) in [7, 11) is 0. The van der Waals surface area contributed by atoms with Crippen LogP contribution in [-0.4, -0.2) is 36.9 Å². The van der Waals surface area contributed by atoms with Crippen molar-refractivity contribution in [2.45, 2.75) is 71.5 Å². The summed E-state index contributed by atoms with van der Waals surface area (Å²) in [5.74, 6) is 0.232. The van der Waals surface area contributed by atoms with Gasteiger partial charge >= 0.3 is 11.9 Å². The summed E-state index contributed by atoms with van der Waals surface area (Å²) in [4.78, 5) is 24.6. The number of benzene rings is 2. The van der Waals surface area contributed by atoms with Crippen molar-refractivity contribution < 1.29 is 28.5 Å². The normalized spacial score (nSPS) is 12.5. The van der Waals surface area contributed by atoms with Gasteiger partial charge in [0.2, 0.25) is 0 Å². The molecule has 0 saturated heterocycles. The molecule has 0 N–H and O–H groups in total. The number of hydrogen-bond acceptors (Lipinski definition) is 6. The minimum absolute atomic E-state index is 0.141. The van der Waals surface area contributed by atoms with Crippen molar-refractivity contribution in [3.63, 3.8) is 0 Å². The summed E-state index contributed by atoms with van der Waals surface area (Å²) in [6.07, 6.45) is 2.38. The van der Waals surface area contributed by atoms with E-state index in [9.17, 15) is 9.59 Å². The third-order valence-electron chi connectivity index (χ3n) is 5.72. The Kier molecular flexibility index (Phi) is 10.1. The highest BCUT2D eigenvalue weighted by Crippen LogP contribution is 2.34. The molecule has 0 saturated carbocycles. The highest BCUT2D eigenvalue weighted by Gasteiger charge is 2.32. The minimum Gasteiger partial charge on any atom is -0.476 e. The average Bonchev–Trinajstić information content (AvgIpc) is 2.83. The van der Waals surface area contributed by atoms with E-state index >= 15 is 0 Å². The molecule has 0 aliphatic rings. The van der Waals surface area contributed by atoms with Crippen molar-refractivity contribution in [3.8, 4) is 11.5 Å². The molecule has 0 heterocycles. The lowest BCUT2D eigenvalue weighted by atomic mass is 9.78. The van der Waals surface area contributed by atoms with Crippen molar-refractivity contribution in [1.82, 2.24) is 0 Å². The molecule has 0 aliphatic heterocycles. The molecule has 6 nitrogen and oxygen atoms in total. The van der Waals surface area contributed by atoms with Gasteiger partial charge in [-0.15, -0.1) is 0 Å². The van der Waals surface area contributed by atoms with Crippen molar-refractivity contribution in [3.05, 3.63) is 72.3 Å². The standard InChI is InChI=1S/C29H38O6/c1-8-19-32-25(10-3)26(30)34-23-15-11-21(12-16-23)28(4,5)22-13-17-24(18-14-22)35-29(6,7)27(31)33-20-9-2/h9,11-18,25H,2,8,10,19-20H2,1,3-7H3. The first-order valence-corrected chi connectivity index (χ1v) is 12.1. The van der Waals surface area contributed by atoms with Crippen molar-refractivity contribution >= 4 is 11.9 Å². The van der Waals surface area contributed by atoms with E-state index in [4.69, 9.17) is 18.9 Å². The fraction of sp³-hybridized carbons (Fsp3) is 0.448. The van der Waals surface area contributed by atoms with Crippen LogP contribution in [0.15, 0.2) is 61.2 Å². The van der Waals surface area contributed by atoms with Crippen molar-refractivity contribution in [2.75, 3.05) is 13.2 Å². The first-order chi connectivity index (χ1) is 16.5.